The molecule has 0 bridgehead atoms. The second-order valence-corrected chi connectivity index (χ2v) is 6.62. The second-order valence-electron chi connectivity index (χ2n) is 6.62. The molecule has 0 radical (unpaired) electrons. The molecule has 1 aliphatic heterocycles. The van der Waals surface area contributed by atoms with Crippen molar-refractivity contribution in [3.63, 3.8) is 0 Å². The summed E-state index contributed by atoms with van der Waals surface area (Å²) in [6.45, 7) is 1.15. The first-order chi connectivity index (χ1) is 13.1. The largest absolute Gasteiger partial charge is 0.383 e. The number of hydrogen-bond acceptors (Lipinski definition) is 7. The molecule has 0 saturated carbocycles. The molecule has 1 amide bonds. The highest BCUT2D eigenvalue weighted by molar-refractivity contribution is 5.98. The summed E-state index contributed by atoms with van der Waals surface area (Å²) in [6.07, 6.45) is 6.60. The number of nitrogens with zero attached hydrogens (tertiary/aromatic N) is 8. The van der Waals surface area contributed by atoms with Crippen LogP contribution >= 0.6 is 0 Å². The van der Waals surface area contributed by atoms with Gasteiger partial charge in [-0.1, -0.05) is 0 Å². The van der Waals surface area contributed by atoms with E-state index in [-0.39, 0.29) is 18.4 Å². The Balaban J connectivity index is 1.77. The van der Waals surface area contributed by atoms with Crippen molar-refractivity contribution in [2.24, 2.45) is 7.05 Å². The number of fused-ring (bicyclic) bond motifs is 1. The van der Waals surface area contributed by atoms with Gasteiger partial charge in [-0.2, -0.15) is 15.5 Å². The van der Waals surface area contributed by atoms with Gasteiger partial charge >= 0.3 is 0 Å². The number of likely N-dealkylation sites (tertiary alicyclic amines) is 1. The van der Waals surface area contributed by atoms with Gasteiger partial charge in [0.25, 0.3) is 0 Å². The highest BCUT2D eigenvalue weighted by atomic mass is 16.2. The minimum atomic E-state index is -0.153. The van der Waals surface area contributed by atoms with E-state index in [1.54, 1.807) is 15.8 Å². The zero-order valence-electron chi connectivity index (χ0n) is 14.9. The molecule has 2 N–H and O–H groups in total. The van der Waals surface area contributed by atoms with Crippen LogP contribution in [-0.4, -0.2) is 53.4 Å². The summed E-state index contributed by atoms with van der Waals surface area (Å²) in [5.74, 6) is 0.207. The Labute approximate surface area is 155 Å². The van der Waals surface area contributed by atoms with Gasteiger partial charge in [0.15, 0.2) is 5.65 Å². The first-order valence-corrected chi connectivity index (χ1v) is 8.71. The van der Waals surface area contributed by atoms with E-state index in [9.17, 15) is 4.79 Å². The fourth-order valence-electron chi connectivity index (χ4n) is 3.56. The molecule has 1 saturated heterocycles. The third-order valence-electron chi connectivity index (χ3n) is 4.82. The van der Waals surface area contributed by atoms with Crippen molar-refractivity contribution in [2.75, 3.05) is 18.8 Å². The van der Waals surface area contributed by atoms with Crippen molar-refractivity contribution >= 4 is 22.8 Å². The maximum absolute atomic E-state index is 12.1. The van der Waals surface area contributed by atoms with Crippen molar-refractivity contribution in [1.29, 1.82) is 5.26 Å². The summed E-state index contributed by atoms with van der Waals surface area (Å²) in [6, 6.07) is 1.89. The van der Waals surface area contributed by atoms with E-state index in [2.05, 4.69) is 15.1 Å². The average molecular weight is 365 g/mol. The van der Waals surface area contributed by atoms with Gasteiger partial charge in [-0.3, -0.25) is 9.48 Å². The van der Waals surface area contributed by atoms with Crippen LogP contribution in [0.5, 0.6) is 0 Å². The lowest BCUT2D eigenvalue weighted by Gasteiger charge is -2.32. The van der Waals surface area contributed by atoms with Gasteiger partial charge in [0.2, 0.25) is 5.91 Å². The Hall–Kier alpha value is -3.48. The van der Waals surface area contributed by atoms with E-state index < -0.39 is 0 Å². The van der Waals surface area contributed by atoms with E-state index in [1.165, 1.54) is 6.33 Å². The molecule has 0 aromatic carbocycles. The maximum Gasteiger partial charge on any atom is 0.236 e. The topological polar surface area (TPSA) is 132 Å². The lowest BCUT2D eigenvalue weighted by atomic mass is 10.1. The predicted octanol–water partition coefficient (Wildman–Crippen LogP) is 0.886. The molecule has 1 aliphatic rings. The minimum absolute atomic E-state index is 0.0383. The highest BCUT2D eigenvalue weighted by Gasteiger charge is 2.28. The maximum atomic E-state index is 12.1. The van der Waals surface area contributed by atoms with Gasteiger partial charge in [-0.25, -0.2) is 14.6 Å². The van der Waals surface area contributed by atoms with Crippen LogP contribution in [0.4, 0.5) is 5.82 Å². The van der Waals surface area contributed by atoms with Crippen LogP contribution in [0.25, 0.3) is 22.3 Å². The quantitative estimate of drug-likeness (QED) is 0.729. The summed E-state index contributed by atoms with van der Waals surface area (Å²) >= 11 is 0. The van der Waals surface area contributed by atoms with Crippen LogP contribution in [-0.2, 0) is 11.8 Å². The molecule has 10 heteroatoms. The highest BCUT2D eigenvalue weighted by Crippen LogP contribution is 2.33. The first-order valence-electron chi connectivity index (χ1n) is 8.71. The molecular formula is C17H19N9O. The number of nitrogen functional groups attached to an aromatic ring is 1. The lowest BCUT2D eigenvalue weighted by molar-refractivity contribution is -0.131. The molecule has 138 valence electrons. The van der Waals surface area contributed by atoms with Gasteiger partial charge in [0.05, 0.1) is 23.7 Å². The van der Waals surface area contributed by atoms with Gasteiger partial charge in [-0.15, -0.1) is 0 Å². The van der Waals surface area contributed by atoms with E-state index in [0.29, 0.717) is 35.6 Å². The monoisotopic (exact) mass is 365 g/mol. The van der Waals surface area contributed by atoms with Crippen molar-refractivity contribution in [2.45, 2.75) is 25.3 Å². The number of carbonyl (C=O) groups excluding carboxylic acids is 1. The Morgan fingerprint density at radius 1 is 1.44 bits per heavy atom. The fourth-order valence-corrected chi connectivity index (χ4v) is 3.56. The Bertz CT molecular complexity index is 1040. The number of rotatable bonds is 3. The Kier molecular flexibility index (Phi) is 4.19. The van der Waals surface area contributed by atoms with E-state index in [0.717, 1.165) is 18.4 Å². The molecular weight excluding hydrogens is 346 g/mol. The van der Waals surface area contributed by atoms with Crippen LogP contribution in [0.1, 0.15) is 25.3 Å². The normalized spacial score (nSPS) is 17.2. The van der Waals surface area contributed by atoms with E-state index in [4.69, 9.17) is 16.1 Å². The zero-order valence-corrected chi connectivity index (χ0v) is 14.9. The Morgan fingerprint density at radius 3 is 3.04 bits per heavy atom. The number of nitriles is 1. The summed E-state index contributed by atoms with van der Waals surface area (Å²) in [7, 11) is 1.84. The second kappa shape index (κ2) is 6.68. The molecule has 1 atom stereocenters. The van der Waals surface area contributed by atoms with Gasteiger partial charge in [0.1, 0.15) is 24.3 Å². The standard InChI is InChI=1S/C17H19N9O/c1-24-8-11(7-22-24)15-14-16(19)20-10-21-17(14)26(23-15)12-3-2-6-25(9-12)13(27)4-5-18/h7-8,10,12H,2-4,6,9H2,1H3,(H2,19,20,21). The van der Waals surface area contributed by atoms with E-state index in [1.807, 2.05) is 24.0 Å². The number of aryl methyl sites for hydroxylation is 1. The predicted molar refractivity (Wildman–Crippen MR) is 97.0 cm³/mol. The molecule has 1 unspecified atom stereocenters. The van der Waals surface area contributed by atoms with Crippen LogP contribution < -0.4 is 5.73 Å². The third kappa shape index (κ3) is 2.97. The zero-order chi connectivity index (χ0) is 19.0. The van der Waals surface area contributed by atoms with Gasteiger partial charge in [0, 0.05) is 31.9 Å². The number of carbonyl (C=O) groups is 1. The first kappa shape index (κ1) is 17.0. The van der Waals surface area contributed by atoms with Crippen LogP contribution in [0.2, 0.25) is 0 Å². The molecule has 3 aromatic heterocycles. The van der Waals surface area contributed by atoms with Crippen LogP contribution in [0.15, 0.2) is 18.7 Å². The fraction of sp³-hybridized carbons (Fsp3) is 0.412. The smallest absolute Gasteiger partial charge is 0.236 e. The number of aromatic nitrogens is 6. The van der Waals surface area contributed by atoms with E-state index >= 15 is 0 Å². The lowest BCUT2D eigenvalue weighted by Crippen LogP contribution is -2.40. The molecule has 27 heavy (non-hydrogen) atoms. The molecule has 0 aliphatic carbocycles. The van der Waals surface area contributed by atoms with Crippen molar-refractivity contribution in [1.82, 2.24) is 34.4 Å². The average Bonchev–Trinajstić information content (AvgIpc) is 3.26. The molecule has 10 nitrogen and oxygen atoms in total. The molecule has 1 fully saturated rings. The molecule has 0 spiro atoms. The van der Waals surface area contributed by atoms with Crippen LogP contribution in [0.3, 0.4) is 0 Å². The summed E-state index contributed by atoms with van der Waals surface area (Å²) in [4.78, 5) is 22.4. The minimum Gasteiger partial charge on any atom is -0.383 e. The van der Waals surface area contributed by atoms with Crippen molar-refractivity contribution in [3.8, 4) is 17.3 Å². The molecule has 4 rings (SSSR count). The Morgan fingerprint density at radius 2 is 2.30 bits per heavy atom. The SMILES string of the molecule is Cn1cc(-c2nn(C3CCCN(C(=O)CC#N)C3)c3ncnc(N)c23)cn1. The number of piperidine rings is 1. The van der Waals surface area contributed by atoms with Gasteiger partial charge < -0.3 is 10.6 Å². The van der Waals surface area contributed by atoms with Crippen molar-refractivity contribution in [3.05, 3.63) is 18.7 Å². The summed E-state index contributed by atoms with van der Waals surface area (Å²) in [5, 5.41) is 18.5. The van der Waals surface area contributed by atoms with Crippen molar-refractivity contribution < 1.29 is 4.79 Å². The number of amides is 1. The number of anilines is 1. The van der Waals surface area contributed by atoms with Crippen LogP contribution in [0, 0.1) is 11.3 Å². The molecule has 3 aromatic rings. The molecule has 4 heterocycles. The number of nitrogens with two attached hydrogens (primary N) is 1. The summed E-state index contributed by atoms with van der Waals surface area (Å²) < 4.78 is 3.53. The van der Waals surface area contributed by atoms with Gasteiger partial charge in [-0.05, 0) is 12.8 Å². The third-order valence-corrected chi connectivity index (χ3v) is 4.82. The summed E-state index contributed by atoms with van der Waals surface area (Å²) in [5.41, 5.74) is 8.27. The number of hydrogen-bond donors (Lipinski definition) is 1.